The third-order valence-corrected chi connectivity index (χ3v) is 1.60. The Bertz CT molecular complexity index is 405. The van der Waals surface area contributed by atoms with E-state index in [2.05, 4.69) is 10.1 Å². The predicted octanol–water partition coefficient (Wildman–Crippen LogP) is -0.230. The highest BCUT2D eigenvalue weighted by molar-refractivity contribution is 5.42. The molecule has 12 heavy (non-hydrogen) atoms. The van der Waals surface area contributed by atoms with Crippen molar-refractivity contribution >= 4 is 11.5 Å². The normalized spacial score (nSPS) is 10.8. The van der Waals surface area contributed by atoms with Crippen molar-refractivity contribution in [1.82, 2.24) is 14.6 Å². The lowest BCUT2D eigenvalue weighted by Crippen LogP contribution is -1.96. The Hall–Kier alpha value is -1.62. The number of nitrogen functional groups attached to an aromatic ring is 1. The smallest absolute Gasteiger partial charge is 0.153 e. The van der Waals surface area contributed by atoms with Gasteiger partial charge in [-0.3, -0.25) is 0 Å². The highest BCUT2D eigenvalue weighted by Gasteiger charge is 1.99. The molecule has 0 atom stereocenters. The Morgan fingerprint density at radius 1 is 1.42 bits per heavy atom. The maximum atomic E-state index is 5.48. The summed E-state index contributed by atoms with van der Waals surface area (Å²) in [6, 6.07) is 3.52. The number of anilines is 1. The number of imidazole rings is 1. The van der Waals surface area contributed by atoms with Gasteiger partial charge in [-0.2, -0.15) is 0 Å². The zero-order valence-corrected chi connectivity index (χ0v) is 6.44. The minimum Gasteiger partial charge on any atom is -0.382 e. The van der Waals surface area contributed by atoms with Crippen molar-refractivity contribution in [2.24, 2.45) is 5.73 Å². The topological polar surface area (TPSA) is 82.2 Å². The van der Waals surface area contributed by atoms with E-state index in [0.717, 1.165) is 11.3 Å². The van der Waals surface area contributed by atoms with Gasteiger partial charge in [0.2, 0.25) is 0 Å². The zero-order valence-electron chi connectivity index (χ0n) is 6.44. The molecule has 0 saturated carbocycles. The largest absolute Gasteiger partial charge is 0.382 e. The lowest BCUT2D eigenvalue weighted by molar-refractivity contribution is 0.937. The predicted molar refractivity (Wildman–Crippen MR) is 45.3 cm³/mol. The van der Waals surface area contributed by atoms with Crippen molar-refractivity contribution < 1.29 is 0 Å². The van der Waals surface area contributed by atoms with E-state index < -0.39 is 0 Å². The van der Waals surface area contributed by atoms with E-state index in [0.29, 0.717) is 12.4 Å². The first-order valence-electron chi connectivity index (χ1n) is 3.60. The van der Waals surface area contributed by atoms with Gasteiger partial charge in [-0.05, 0) is 12.1 Å². The number of hydrogen-bond acceptors (Lipinski definition) is 4. The summed E-state index contributed by atoms with van der Waals surface area (Å²) in [6.45, 7) is 0.420. The first kappa shape index (κ1) is 7.05. The van der Waals surface area contributed by atoms with Gasteiger partial charge in [-0.1, -0.05) is 0 Å². The summed E-state index contributed by atoms with van der Waals surface area (Å²) in [7, 11) is 0. The SMILES string of the molecule is NCc1cn2nc(N)ccc2n1. The lowest BCUT2D eigenvalue weighted by Gasteiger charge is -1.91. The van der Waals surface area contributed by atoms with Gasteiger partial charge in [0, 0.05) is 6.54 Å². The van der Waals surface area contributed by atoms with Gasteiger partial charge in [0.15, 0.2) is 5.65 Å². The minimum absolute atomic E-state index is 0.420. The number of rotatable bonds is 1. The number of nitrogens with zero attached hydrogens (tertiary/aromatic N) is 3. The quantitative estimate of drug-likeness (QED) is 0.608. The van der Waals surface area contributed by atoms with E-state index in [1.54, 1.807) is 16.8 Å². The molecule has 0 saturated heterocycles. The van der Waals surface area contributed by atoms with Crippen LogP contribution in [0.4, 0.5) is 5.82 Å². The number of hydrogen-bond donors (Lipinski definition) is 2. The number of aromatic nitrogens is 3. The highest BCUT2D eigenvalue weighted by atomic mass is 15.3. The van der Waals surface area contributed by atoms with Crippen molar-refractivity contribution in [2.75, 3.05) is 5.73 Å². The van der Waals surface area contributed by atoms with Gasteiger partial charge >= 0.3 is 0 Å². The van der Waals surface area contributed by atoms with Crippen LogP contribution in [0.5, 0.6) is 0 Å². The Labute approximate surface area is 69.0 Å². The molecule has 0 amide bonds. The minimum atomic E-state index is 0.420. The van der Waals surface area contributed by atoms with Gasteiger partial charge in [-0.25, -0.2) is 9.50 Å². The van der Waals surface area contributed by atoms with E-state index in [4.69, 9.17) is 11.5 Å². The van der Waals surface area contributed by atoms with E-state index in [-0.39, 0.29) is 0 Å². The molecule has 0 aliphatic carbocycles. The van der Waals surface area contributed by atoms with Crippen LogP contribution < -0.4 is 11.5 Å². The monoisotopic (exact) mass is 163 g/mol. The molecule has 0 unspecified atom stereocenters. The molecule has 0 radical (unpaired) electrons. The summed E-state index contributed by atoms with van der Waals surface area (Å²) in [5, 5.41) is 4.02. The summed E-state index contributed by atoms with van der Waals surface area (Å²) in [4.78, 5) is 4.19. The second kappa shape index (κ2) is 2.46. The molecule has 0 aliphatic heterocycles. The fourth-order valence-corrected chi connectivity index (χ4v) is 1.04. The van der Waals surface area contributed by atoms with Crippen LogP contribution in [0.15, 0.2) is 18.3 Å². The van der Waals surface area contributed by atoms with Gasteiger partial charge in [0.1, 0.15) is 5.82 Å². The molecule has 2 aromatic heterocycles. The second-order valence-electron chi connectivity index (χ2n) is 2.50. The van der Waals surface area contributed by atoms with E-state index in [9.17, 15) is 0 Å². The Kier molecular flexibility index (Phi) is 1.44. The molecule has 0 bridgehead atoms. The summed E-state index contributed by atoms with van der Waals surface area (Å²) in [5.74, 6) is 0.475. The van der Waals surface area contributed by atoms with Crippen LogP contribution in [0.1, 0.15) is 5.69 Å². The summed E-state index contributed by atoms with van der Waals surface area (Å²) < 4.78 is 1.62. The van der Waals surface area contributed by atoms with Gasteiger partial charge in [0.05, 0.1) is 11.9 Å². The van der Waals surface area contributed by atoms with Crippen LogP contribution in [0.25, 0.3) is 5.65 Å². The van der Waals surface area contributed by atoms with Crippen LogP contribution >= 0.6 is 0 Å². The van der Waals surface area contributed by atoms with Crippen molar-refractivity contribution in [3.8, 4) is 0 Å². The zero-order chi connectivity index (χ0) is 8.55. The molecule has 0 fully saturated rings. The van der Waals surface area contributed by atoms with Crippen molar-refractivity contribution in [1.29, 1.82) is 0 Å². The summed E-state index contributed by atoms with van der Waals surface area (Å²) >= 11 is 0. The van der Waals surface area contributed by atoms with Crippen LogP contribution in [-0.2, 0) is 6.54 Å². The van der Waals surface area contributed by atoms with Crippen LogP contribution in [0.2, 0.25) is 0 Å². The van der Waals surface area contributed by atoms with Crippen molar-refractivity contribution in [3.05, 3.63) is 24.0 Å². The van der Waals surface area contributed by atoms with Crippen molar-refractivity contribution in [2.45, 2.75) is 6.54 Å². The fraction of sp³-hybridized carbons (Fsp3) is 0.143. The highest BCUT2D eigenvalue weighted by Crippen LogP contribution is 2.04. The lowest BCUT2D eigenvalue weighted by atomic mass is 10.5. The Morgan fingerprint density at radius 2 is 2.25 bits per heavy atom. The standard InChI is InChI=1S/C7H9N5/c8-3-5-4-12-7(10-5)2-1-6(9)11-12/h1-2,4H,3,8H2,(H2,9,11). The third kappa shape index (κ3) is 0.998. The number of fused-ring (bicyclic) bond motifs is 1. The molecular formula is C7H9N5. The fourth-order valence-electron chi connectivity index (χ4n) is 1.04. The van der Waals surface area contributed by atoms with Crippen LogP contribution in [0, 0.1) is 0 Å². The summed E-state index contributed by atoms with van der Waals surface area (Å²) in [5.41, 5.74) is 12.5. The molecule has 62 valence electrons. The molecule has 5 heteroatoms. The first-order valence-corrected chi connectivity index (χ1v) is 3.60. The van der Waals surface area contributed by atoms with Crippen LogP contribution in [-0.4, -0.2) is 14.6 Å². The Balaban J connectivity index is 2.67. The second-order valence-corrected chi connectivity index (χ2v) is 2.50. The van der Waals surface area contributed by atoms with E-state index in [1.807, 2.05) is 6.07 Å². The molecule has 0 aliphatic rings. The number of nitrogens with two attached hydrogens (primary N) is 2. The molecule has 4 N–H and O–H groups in total. The van der Waals surface area contributed by atoms with E-state index >= 15 is 0 Å². The van der Waals surface area contributed by atoms with E-state index in [1.165, 1.54) is 0 Å². The van der Waals surface area contributed by atoms with Gasteiger partial charge in [-0.15, -0.1) is 5.10 Å². The van der Waals surface area contributed by atoms with Gasteiger partial charge < -0.3 is 11.5 Å². The van der Waals surface area contributed by atoms with Gasteiger partial charge in [0.25, 0.3) is 0 Å². The summed E-state index contributed by atoms with van der Waals surface area (Å²) in [6.07, 6.45) is 1.77. The average Bonchev–Trinajstić information content (AvgIpc) is 2.46. The maximum absolute atomic E-state index is 5.48. The van der Waals surface area contributed by atoms with Crippen molar-refractivity contribution in [3.63, 3.8) is 0 Å². The molecule has 2 aromatic rings. The third-order valence-electron chi connectivity index (χ3n) is 1.60. The van der Waals surface area contributed by atoms with Crippen LogP contribution in [0.3, 0.4) is 0 Å². The Morgan fingerprint density at radius 3 is 3.00 bits per heavy atom. The maximum Gasteiger partial charge on any atom is 0.153 e. The molecule has 0 spiro atoms. The molecule has 2 rings (SSSR count). The molecule has 2 heterocycles. The first-order chi connectivity index (χ1) is 5.79. The molecular weight excluding hydrogens is 154 g/mol. The average molecular weight is 163 g/mol. The molecule has 0 aromatic carbocycles. The molecule has 5 nitrogen and oxygen atoms in total.